The molecule has 0 aromatic heterocycles. The van der Waals surface area contributed by atoms with Gasteiger partial charge in [0.05, 0.1) is 0 Å². The second kappa shape index (κ2) is 7.27. The maximum absolute atomic E-state index is 13.0. The fraction of sp³-hybridized carbons (Fsp3) is 1.00. The minimum Gasteiger partial charge on any atom is -0.315 e. The zero-order valence-electron chi connectivity index (χ0n) is 11.1. The summed E-state index contributed by atoms with van der Waals surface area (Å²) in [6.45, 7) is 6.17. The van der Waals surface area contributed by atoms with E-state index in [-0.39, 0.29) is 12.8 Å². The van der Waals surface area contributed by atoms with Crippen LogP contribution in [0.5, 0.6) is 0 Å². The highest BCUT2D eigenvalue weighted by Gasteiger charge is 2.34. The topological polar surface area (TPSA) is 15.3 Å². The van der Waals surface area contributed by atoms with Crippen molar-refractivity contribution < 1.29 is 8.78 Å². The average molecular weight is 248 g/mol. The fourth-order valence-corrected chi connectivity index (χ4v) is 2.39. The van der Waals surface area contributed by atoms with Crippen LogP contribution in [-0.4, -0.2) is 44.0 Å². The Bertz CT molecular complexity index is 200. The molecule has 0 heterocycles. The summed E-state index contributed by atoms with van der Waals surface area (Å²) >= 11 is 0. The van der Waals surface area contributed by atoms with Gasteiger partial charge in [-0.2, -0.15) is 0 Å². The fourth-order valence-electron chi connectivity index (χ4n) is 2.39. The van der Waals surface area contributed by atoms with Gasteiger partial charge in [0.25, 0.3) is 0 Å². The molecule has 2 nitrogen and oxygen atoms in total. The smallest absolute Gasteiger partial charge is 0.248 e. The van der Waals surface area contributed by atoms with Crippen LogP contribution in [0.2, 0.25) is 0 Å². The maximum Gasteiger partial charge on any atom is 0.248 e. The first-order chi connectivity index (χ1) is 8.03. The van der Waals surface area contributed by atoms with Crippen molar-refractivity contribution in [2.24, 2.45) is 5.92 Å². The zero-order valence-corrected chi connectivity index (χ0v) is 11.1. The van der Waals surface area contributed by atoms with Crippen molar-refractivity contribution in [1.29, 1.82) is 0 Å². The lowest BCUT2D eigenvalue weighted by molar-refractivity contribution is -0.0482. The molecule has 0 bridgehead atoms. The van der Waals surface area contributed by atoms with E-state index in [1.165, 1.54) is 0 Å². The highest BCUT2D eigenvalue weighted by Crippen LogP contribution is 2.36. The molecule has 1 aliphatic rings. The van der Waals surface area contributed by atoms with Crippen LogP contribution < -0.4 is 5.32 Å². The van der Waals surface area contributed by atoms with Gasteiger partial charge in [0, 0.05) is 32.5 Å². The number of hydrogen-bond acceptors (Lipinski definition) is 2. The Balaban J connectivity index is 2.08. The summed E-state index contributed by atoms with van der Waals surface area (Å²) in [6.07, 6.45) is 2.68. The van der Waals surface area contributed by atoms with E-state index in [2.05, 4.69) is 24.2 Å². The molecular formula is C13H26F2N2. The molecule has 0 radical (unpaired) electrons. The first-order valence-electron chi connectivity index (χ1n) is 6.80. The summed E-state index contributed by atoms with van der Waals surface area (Å²) in [7, 11) is 2.08. The van der Waals surface area contributed by atoms with Crippen LogP contribution in [0.1, 0.15) is 39.0 Å². The third-order valence-electron chi connectivity index (χ3n) is 3.50. The second-order valence-electron chi connectivity index (χ2n) is 5.31. The molecule has 0 aromatic rings. The quantitative estimate of drug-likeness (QED) is 0.697. The van der Waals surface area contributed by atoms with Crippen LogP contribution in [0.15, 0.2) is 0 Å². The van der Waals surface area contributed by atoms with E-state index in [0.29, 0.717) is 18.8 Å². The number of hydrogen-bond donors (Lipinski definition) is 1. The molecule has 102 valence electrons. The molecule has 1 aliphatic carbocycles. The van der Waals surface area contributed by atoms with E-state index < -0.39 is 5.92 Å². The predicted octanol–water partition coefficient (Wildman–Crippen LogP) is 2.74. The first kappa shape index (κ1) is 14.8. The largest absolute Gasteiger partial charge is 0.315 e. The lowest BCUT2D eigenvalue weighted by Gasteiger charge is -2.31. The molecule has 0 aliphatic heterocycles. The van der Waals surface area contributed by atoms with Crippen LogP contribution in [0.3, 0.4) is 0 Å². The molecule has 0 unspecified atom stereocenters. The van der Waals surface area contributed by atoms with Crippen molar-refractivity contribution in [3.05, 3.63) is 0 Å². The van der Waals surface area contributed by atoms with Gasteiger partial charge in [-0.05, 0) is 38.8 Å². The summed E-state index contributed by atoms with van der Waals surface area (Å²) < 4.78 is 26.0. The molecule has 0 saturated heterocycles. The number of rotatable bonds is 7. The Morgan fingerprint density at radius 3 is 2.47 bits per heavy atom. The molecule has 4 heteroatoms. The monoisotopic (exact) mass is 248 g/mol. The summed E-state index contributed by atoms with van der Waals surface area (Å²) in [5.74, 6) is -1.93. The van der Waals surface area contributed by atoms with Gasteiger partial charge in [0.15, 0.2) is 0 Å². The molecule has 1 saturated carbocycles. The second-order valence-corrected chi connectivity index (χ2v) is 5.31. The Kier molecular flexibility index (Phi) is 6.34. The molecule has 0 atom stereocenters. The Labute approximate surface area is 104 Å². The third-order valence-corrected chi connectivity index (χ3v) is 3.50. The molecular weight excluding hydrogens is 222 g/mol. The van der Waals surface area contributed by atoms with Gasteiger partial charge in [-0.1, -0.05) is 6.92 Å². The van der Waals surface area contributed by atoms with Crippen LogP contribution in [-0.2, 0) is 0 Å². The number of likely N-dealkylation sites (N-methyl/N-ethyl adjacent to an activating group) is 1. The molecule has 17 heavy (non-hydrogen) atoms. The number of alkyl halides is 2. The van der Waals surface area contributed by atoms with Crippen LogP contribution in [0.4, 0.5) is 8.78 Å². The summed E-state index contributed by atoms with van der Waals surface area (Å²) in [4.78, 5) is 2.26. The molecule has 1 N–H and O–H groups in total. The zero-order chi connectivity index (χ0) is 12.7. The predicted molar refractivity (Wildman–Crippen MR) is 67.6 cm³/mol. The van der Waals surface area contributed by atoms with Crippen molar-refractivity contribution >= 4 is 0 Å². The lowest BCUT2D eigenvalue weighted by atomic mass is 9.86. The van der Waals surface area contributed by atoms with E-state index in [0.717, 1.165) is 32.6 Å². The molecule has 1 rings (SSSR count). The summed E-state index contributed by atoms with van der Waals surface area (Å²) in [5, 5.41) is 3.35. The van der Waals surface area contributed by atoms with E-state index >= 15 is 0 Å². The molecule has 0 amide bonds. The number of nitrogens with zero attached hydrogens (tertiary/aromatic N) is 1. The van der Waals surface area contributed by atoms with Crippen molar-refractivity contribution in [2.45, 2.75) is 45.0 Å². The van der Waals surface area contributed by atoms with Gasteiger partial charge in [-0.3, -0.25) is 0 Å². The first-order valence-corrected chi connectivity index (χ1v) is 6.80. The van der Waals surface area contributed by atoms with Gasteiger partial charge in [0.2, 0.25) is 5.92 Å². The van der Waals surface area contributed by atoms with Gasteiger partial charge < -0.3 is 10.2 Å². The standard InChI is InChI=1S/C13H26F2N2/c1-3-8-16-9-10-17(2)11-12-4-6-13(14,15)7-5-12/h12,16H,3-11H2,1-2H3. The molecule has 1 fully saturated rings. The van der Waals surface area contributed by atoms with Crippen LogP contribution in [0, 0.1) is 5.92 Å². The normalized spacial score (nSPS) is 21.0. The molecule has 0 spiro atoms. The van der Waals surface area contributed by atoms with Crippen molar-refractivity contribution in [3.63, 3.8) is 0 Å². The lowest BCUT2D eigenvalue weighted by Crippen LogP contribution is -2.35. The average Bonchev–Trinajstić information content (AvgIpc) is 2.28. The van der Waals surface area contributed by atoms with E-state index in [4.69, 9.17) is 0 Å². The highest BCUT2D eigenvalue weighted by molar-refractivity contribution is 4.78. The maximum atomic E-state index is 13.0. The van der Waals surface area contributed by atoms with Crippen LogP contribution >= 0.6 is 0 Å². The van der Waals surface area contributed by atoms with E-state index in [1.807, 2.05) is 0 Å². The highest BCUT2D eigenvalue weighted by atomic mass is 19.3. The minimum atomic E-state index is -2.39. The van der Waals surface area contributed by atoms with Gasteiger partial charge in [-0.25, -0.2) is 8.78 Å². The van der Waals surface area contributed by atoms with Crippen LogP contribution in [0.25, 0.3) is 0 Å². The van der Waals surface area contributed by atoms with Gasteiger partial charge in [0.1, 0.15) is 0 Å². The Morgan fingerprint density at radius 2 is 1.88 bits per heavy atom. The van der Waals surface area contributed by atoms with E-state index in [9.17, 15) is 8.78 Å². The Morgan fingerprint density at radius 1 is 1.24 bits per heavy atom. The van der Waals surface area contributed by atoms with Crippen molar-refractivity contribution in [1.82, 2.24) is 10.2 Å². The summed E-state index contributed by atoms with van der Waals surface area (Å²) in [6, 6.07) is 0. The molecule has 0 aromatic carbocycles. The van der Waals surface area contributed by atoms with Gasteiger partial charge >= 0.3 is 0 Å². The SMILES string of the molecule is CCCNCCN(C)CC1CCC(F)(F)CC1. The minimum absolute atomic E-state index is 0.0829. The third kappa shape index (κ3) is 6.32. The number of halogens is 2. The van der Waals surface area contributed by atoms with Crippen molar-refractivity contribution in [3.8, 4) is 0 Å². The van der Waals surface area contributed by atoms with E-state index in [1.54, 1.807) is 0 Å². The summed E-state index contributed by atoms with van der Waals surface area (Å²) in [5.41, 5.74) is 0. The Hall–Kier alpha value is -0.220. The van der Waals surface area contributed by atoms with Crippen molar-refractivity contribution in [2.75, 3.05) is 33.2 Å². The number of nitrogens with one attached hydrogen (secondary N) is 1. The van der Waals surface area contributed by atoms with Gasteiger partial charge in [-0.15, -0.1) is 0 Å².